The maximum atomic E-state index is 12.1. The second-order valence-electron chi connectivity index (χ2n) is 5.51. The summed E-state index contributed by atoms with van der Waals surface area (Å²) in [6.07, 6.45) is 0.874. The zero-order valence-electron chi connectivity index (χ0n) is 14.2. The number of methoxy groups -OCH3 is 1. The predicted molar refractivity (Wildman–Crippen MR) is 105 cm³/mol. The fourth-order valence-corrected chi connectivity index (χ4v) is 4.04. The summed E-state index contributed by atoms with van der Waals surface area (Å²) in [5.74, 6) is 1.22. The normalized spacial score (nSPS) is 10.8. The highest BCUT2D eigenvalue weighted by Crippen LogP contribution is 2.27. The summed E-state index contributed by atoms with van der Waals surface area (Å²) in [6.45, 7) is 2.69. The minimum absolute atomic E-state index is 0.0251. The average molecular weight is 373 g/mol. The number of nitrogens with one attached hydrogen (secondary N) is 1. The number of carbonyl (C=O) groups is 1. The number of pyridine rings is 1. The molecule has 0 saturated heterocycles. The molecule has 2 aromatic heterocycles. The van der Waals surface area contributed by atoms with Crippen LogP contribution in [0.25, 0.3) is 10.9 Å². The summed E-state index contributed by atoms with van der Waals surface area (Å²) < 4.78 is 5.28. The van der Waals surface area contributed by atoms with E-state index in [1.54, 1.807) is 18.4 Å². The Balaban J connectivity index is 1.68. The Kier molecular flexibility index (Phi) is 5.94. The number of rotatable bonds is 7. The van der Waals surface area contributed by atoms with E-state index in [1.165, 1.54) is 11.8 Å². The van der Waals surface area contributed by atoms with Gasteiger partial charge in [0, 0.05) is 10.3 Å². The quantitative estimate of drug-likeness (QED) is 0.629. The van der Waals surface area contributed by atoms with E-state index in [4.69, 9.17) is 9.72 Å². The monoisotopic (exact) mass is 372 g/mol. The van der Waals surface area contributed by atoms with Gasteiger partial charge >= 0.3 is 0 Å². The summed E-state index contributed by atoms with van der Waals surface area (Å²) in [4.78, 5) is 18.0. The van der Waals surface area contributed by atoms with E-state index in [9.17, 15) is 4.79 Å². The van der Waals surface area contributed by atoms with Crippen molar-refractivity contribution in [3.8, 4) is 5.75 Å². The third kappa shape index (κ3) is 4.52. The Hall–Kier alpha value is -2.05. The van der Waals surface area contributed by atoms with E-state index in [0.717, 1.165) is 38.5 Å². The molecule has 0 radical (unpaired) electrons. The maximum absolute atomic E-state index is 12.1. The molecule has 1 aromatic carbocycles. The van der Waals surface area contributed by atoms with Crippen LogP contribution < -0.4 is 10.1 Å². The van der Waals surface area contributed by atoms with E-state index < -0.39 is 0 Å². The molecule has 3 aromatic rings. The fraction of sp³-hybridized carbons (Fsp3) is 0.263. The predicted octanol–water partition coefficient (Wildman–Crippen LogP) is 4.28. The molecule has 0 saturated carbocycles. The van der Waals surface area contributed by atoms with Crippen LogP contribution in [0.15, 0.2) is 46.8 Å². The zero-order chi connectivity index (χ0) is 17.6. The summed E-state index contributed by atoms with van der Waals surface area (Å²) in [6, 6.07) is 12.0. The van der Waals surface area contributed by atoms with Gasteiger partial charge in [-0.25, -0.2) is 4.98 Å². The number of amides is 1. The van der Waals surface area contributed by atoms with Crippen LogP contribution in [-0.2, 0) is 17.8 Å². The standard InChI is InChI=1S/C19H20N2O2S2/c1-3-13-9-14-10-15(23-2)6-7-17(14)21-19(13)25-12-18(22)20-11-16-5-4-8-24-16/h4-10H,3,11-12H2,1-2H3,(H,20,22). The number of nitrogens with zero attached hydrogens (tertiary/aromatic N) is 1. The molecule has 3 rings (SSSR count). The lowest BCUT2D eigenvalue weighted by atomic mass is 10.1. The second-order valence-corrected chi connectivity index (χ2v) is 7.51. The zero-order valence-corrected chi connectivity index (χ0v) is 15.9. The van der Waals surface area contributed by atoms with Crippen molar-refractivity contribution in [3.63, 3.8) is 0 Å². The van der Waals surface area contributed by atoms with Crippen molar-refractivity contribution in [2.45, 2.75) is 24.9 Å². The Morgan fingerprint density at radius 3 is 2.92 bits per heavy atom. The number of carbonyl (C=O) groups excluding carboxylic acids is 1. The number of benzene rings is 1. The minimum atomic E-state index is 0.0251. The molecule has 130 valence electrons. The number of aromatic nitrogens is 1. The molecular formula is C19H20N2O2S2. The van der Waals surface area contributed by atoms with Crippen LogP contribution in [0.5, 0.6) is 5.75 Å². The van der Waals surface area contributed by atoms with Crippen LogP contribution in [-0.4, -0.2) is 23.8 Å². The Morgan fingerprint density at radius 2 is 2.20 bits per heavy atom. The first-order valence-electron chi connectivity index (χ1n) is 8.09. The summed E-state index contributed by atoms with van der Waals surface area (Å²) in [5, 5.41) is 6.94. The van der Waals surface area contributed by atoms with Crippen LogP contribution in [0.1, 0.15) is 17.4 Å². The van der Waals surface area contributed by atoms with Gasteiger partial charge in [0.25, 0.3) is 0 Å². The number of hydrogen-bond donors (Lipinski definition) is 1. The highest BCUT2D eigenvalue weighted by Gasteiger charge is 2.10. The summed E-state index contributed by atoms with van der Waals surface area (Å²) in [7, 11) is 1.66. The SMILES string of the molecule is CCc1cc2cc(OC)ccc2nc1SCC(=O)NCc1cccs1. The molecule has 0 atom stereocenters. The Labute approximate surface area is 155 Å². The molecule has 1 amide bonds. The molecule has 0 fully saturated rings. The molecule has 0 bridgehead atoms. The lowest BCUT2D eigenvalue weighted by Crippen LogP contribution is -2.24. The molecule has 6 heteroatoms. The Morgan fingerprint density at radius 1 is 1.32 bits per heavy atom. The average Bonchev–Trinajstić information content (AvgIpc) is 3.17. The molecule has 0 aliphatic carbocycles. The summed E-state index contributed by atoms with van der Waals surface area (Å²) in [5.41, 5.74) is 2.07. The molecule has 0 unspecified atom stereocenters. The van der Waals surface area contributed by atoms with Crippen molar-refractivity contribution in [1.82, 2.24) is 10.3 Å². The van der Waals surface area contributed by atoms with Crippen LogP contribution in [0.3, 0.4) is 0 Å². The lowest BCUT2D eigenvalue weighted by Gasteiger charge is -2.10. The first-order chi connectivity index (χ1) is 12.2. The van der Waals surface area contributed by atoms with Crippen molar-refractivity contribution in [1.29, 1.82) is 0 Å². The van der Waals surface area contributed by atoms with Gasteiger partial charge in [0.15, 0.2) is 0 Å². The van der Waals surface area contributed by atoms with Gasteiger partial charge in [-0.2, -0.15) is 0 Å². The van der Waals surface area contributed by atoms with Crippen LogP contribution in [0, 0.1) is 0 Å². The number of thioether (sulfide) groups is 1. The number of fused-ring (bicyclic) bond motifs is 1. The highest BCUT2D eigenvalue weighted by atomic mass is 32.2. The number of thiophene rings is 1. The van der Waals surface area contributed by atoms with Crippen molar-refractivity contribution in [3.05, 3.63) is 52.2 Å². The largest absolute Gasteiger partial charge is 0.497 e. The Bertz CT molecular complexity index is 863. The van der Waals surface area contributed by atoms with Gasteiger partial charge in [-0.15, -0.1) is 11.3 Å². The van der Waals surface area contributed by atoms with E-state index in [-0.39, 0.29) is 5.91 Å². The van der Waals surface area contributed by atoms with Crippen LogP contribution in [0.2, 0.25) is 0 Å². The second kappa shape index (κ2) is 8.36. The summed E-state index contributed by atoms with van der Waals surface area (Å²) >= 11 is 3.14. The topological polar surface area (TPSA) is 51.2 Å². The third-order valence-corrected chi connectivity index (χ3v) is 5.73. The molecule has 4 nitrogen and oxygen atoms in total. The number of hydrogen-bond acceptors (Lipinski definition) is 5. The third-order valence-electron chi connectivity index (χ3n) is 3.82. The van der Waals surface area contributed by atoms with Crippen LogP contribution >= 0.6 is 23.1 Å². The van der Waals surface area contributed by atoms with E-state index >= 15 is 0 Å². The number of aryl methyl sites for hydroxylation is 1. The molecule has 25 heavy (non-hydrogen) atoms. The van der Waals surface area contributed by atoms with Gasteiger partial charge in [0.05, 0.1) is 24.9 Å². The smallest absolute Gasteiger partial charge is 0.230 e. The van der Waals surface area contributed by atoms with E-state index in [2.05, 4.69) is 18.3 Å². The van der Waals surface area contributed by atoms with Gasteiger partial charge in [-0.1, -0.05) is 24.8 Å². The van der Waals surface area contributed by atoms with Gasteiger partial charge in [-0.3, -0.25) is 4.79 Å². The van der Waals surface area contributed by atoms with Crippen molar-refractivity contribution in [2.24, 2.45) is 0 Å². The minimum Gasteiger partial charge on any atom is -0.497 e. The molecule has 0 aliphatic rings. The molecule has 0 spiro atoms. The highest BCUT2D eigenvalue weighted by molar-refractivity contribution is 7.99. The molecular weight excluding hydrogens is 352 g/mol. The van der Waals surface area contributed by atoms with Gasteiger partial charge in [0.1, 0.15) is 10.8 Å². The van der Waals surface area contributed by atoms with Crippen molar-refractivity contribution < 1.29 is 9.53 Å². The van der Waals surface area contributed by atoms with Gasteiger partial charge in [0.2, 0.25) is 5.91 Å². The van der Waals surface area contributed by atoms with Crippen molar-refractivity contribution >= 4 is 39.9 Å². The maximum Gasteiger partial charge on any atom is 0.230 e. The van der Waals surface area contributed by atoms with E-state index in [0.29, 0.717) is 12.3 Å². The fourth-order valence-electron chi connectivity index (χ4n) is 2.47. The first-order valence-corrected chi connectivity index (χ1v) is 9.95. The molecule has 2 heterocycles. The molecule has 0 aliphatic heterocycles. The van der Waals surface area contributed by atoms with Gasteiger partial charge < -0.3 is 10.1 Å². The van der Waals surface area contributed by atoms with Gasteiger partial charge in [-0.05, 0) is 47.7 Å². The lowest BCUT2D eigenvalue weighted by molar-refractivity contribution is -0.118. The first kappa shape index (κ1) is 17.8. The van der Waals surface area contributed by atoms with E-state index in [1.807, 2.05) is 35.7 Å². The number of ether oxygens (including phenoxy) is 1. The van der Waals surface area contributed by atoms with Crippen LogP contribution in [0.4, 0.5) is 0 Å². The molecule has 1 N–H and O–H groups in total. The van der Waals surface area contributed by atoms with Crippen molar-refractivity contribution in [2.75, 3.05) is 12.9 Å².